The van der Waals surface area contributed by atoms with E-state index in [4.69, 9.17) is 0 Å². The molecule has 0 saturated heterocycles. The van der Waals surface area contributed by atoms with Gasteiger partial charge in [-0.05, 0) is 44.0 Å². The van der Waals surface area contributed by atoms with E-state index in [0.717, 1.165) is 29.1 Å². The first-order chi connectivity index (χ1) is 10.0. The van der Waals surface area contributed by atoms with Gasteiger partial charge in [0.25, 0.3) is 0 Å². The van der Waals surface area contributed by atoms with Crippen LogP contribution in [-0.4, -0.2) is 14.6 Å². The Morgan fingerprint density at radius 3 is 2.57 bits per heavy atom. The van der Waals surface area contributed by atoms with Crippen molar-refractivity contribution in [2.75, 3.05) is 5.32 Å². The molecule has 1 aromatic carbocycles. The molecule has 0 atom stereocenters. The van der Waals surface area contributed by atoms with E-state index >= 15 is 0 Å². The maximum Gasteiger partial charge on any atom is 0.155 e. The van der Waals surface area contributed by atoms with Crippen LogP contribution < -0.4 is 5.32 Å². The molecule has 0 aliphatic heterocycles. The fraction of sp³-hybridized carbons (Fsp3) is 0.250. The van der Waals surface area contributed by atoms with Crippen molar-refractivity contribution in [3.63, 3.8) is 0 Å². The molecule has 0 spiro atoms. The maximum atomic E-state index is 4.42. The first kappa shape index (κ1) is 14.1. The standard InChI is InChI=1S/C16H17BrN4/c1-10-4-14(5-11(2)16(10)17)18-7-13-8-19-15-6-12(3)20-21(15)9-13/h4-6,8-9,18H,7H2,1-3H3. The van der Waals surface area contributed by atoms with Crippen LogP contribution in [0.2, 0.25) is 0 Å². The molecule has 0 fully saturated rings. The molecule has 0 radical (unpaired) electrons. The third-order valence-corrected chi connectivity index (χ3v) is 4.67. The van der Waals surface area contributed by atoms with Gasteiger partial charge in [-0.25, -0.2) is 9.50 Å². The Labute approximate surface area is 132 Å². The largest absolute Gasteiger partial charge is 0.381 e. The number of aryl methyl sites for hydroxylation is 3. The van der Waals surface area contributed by atoms with Crippen LogP contribution in [0.1, 0.15) is 22.4 Å². The summed E-state index contributed by atoms with van der Waals surface area (Å²) in [5, 5.41) is 7.83. The number of hydrogen-bond donors (Lipinski definition) is 1. The van der Waals surface area contributed by atoms with E-state index in [1.165, 1.54) is 15.6 Å². The van der Waals surface area contributed by atoms with Crippen LogP contribution in [0.5, 0.6) is 0 Å². The Hall–Kier alpha value is -1.88. The molecule has 5 heteroatoms. The van der Waals surface area contributed by atoms with Crippen LogP contribution in [0.3, 0.4) is 0 Å². The van der Waals surface area contributed by atoms with Crippen molar-refractivity contribution >= 4 is 27.3 Å². The fourth-order valence-corrected chi connectivity index (χ4v) is 2.61. The normalized spacial score (nSPS) is 11.0. The van der Waals surface area contributed by atoms with Crippen molar-refractivity contribution in [1.82, 2.24) is 14.6 Å². The SMILES string of the molecule is Cc1cc2ncc(CNc3cc(C)c(Br)c(C)c3)cn2n1. The van der Waals surface area contributed by atoms with Crippen LogP contribution in [0, 0.1) is 20.8 Å². The maximum absolute atomic E-state index is 4.42. The molecule has 3 aromatic rings. The molecule has 108 valence electrons. The van der Waals surface area contributed by atoms with Crippen molar-refractivity contribution < 1.29 is 0 Å². The summed E-state index contributed by atoms with van der Waals surface area (Å²) in [5.74, 6) is 0. The molecule has 0 aliphatic rings. The number of nitrogens with one attached hydrogen (secondary N) is 1. The molecule has 0 saturated carbocycles. The number of nitrogens with zero attached hydrogens (tertiary/aromatic N) is 3. The smallest absolute Gasteiger partial charge is 0.155 e. The quantitative estimate of drug-likeness (QED) is 0.779. The number of aromatic nitrogens is 3. The highest BCUT2D eigenvalue weighted by Crippen LogP contribution is 2.25. The molecule has 21 heavy (non-hydrogen) atoms. The third-order valence-electron chi connectivity index (χ3n) is 3.42. The summed E-state index contributed by atoms with van der Waals surface area (Å²) in [4.78, 5) is 4.42. The second-order valence-corrected chi connectivity index (χ2v) is 6.12. The van der Waals surface area contributed by atoms with Gasteiger partial charge in [0.05, 0.1) is 5.69 Å². The zero-order valence-electron chi connectivity index (χ0n) is 12.3. The van der Waals surface area contributed by atoms with Gasteiger partial charge < -0.3 is 5.32 Å². The van der Waals surface area contributed by atoms with E-state index in [0.29, 0.717) is 0 Å². The Balaban J connectivity index is 1.79. The number of rotatable bonds is 3. The predicted octanol–water partition coefficient (Wildman–Crippen LogP) is 4.03. The van der Waals surface area contributed by atoms with E-state index in [2.05, 4.69) is 57.3 Å². The van der Waals surface area contributed by atoms with Crippen LogP contribution in [0.4, 0.5) is 5.69 Å². The summed E-state index contributed by atoms with van der Waals surface area (Å²) in [6, 6.07) is 6.25. The molecule has 0 bridgehead atoms. The van der Waals surface area contributed by atoms with Gasteiger partial charge in [0, 0.05) is 40.7 Å². The lowest BCUT2D eigenvalue weighted by Crippen LogP contribution is -2.03. The third kappa shape index (κ3) is 2.93. The first-order valence-electron chi connectivity index (χ1n) is 6.84. The first-order valence-corrected chi connectivity index (χ1v) is 7.64. The topological polar surface area (TPSA) is 42.2 Å². The minimum Gasteiger partial charge on any atom is -0.381 e. The highest BCUT2D eigenvalue weighted by molar-refractivity contribution is 9.10. The molecule has 0 aliphatic carbocycles. The number of benzene rings is 1. The Morgan fingerprint density at radius 1 is 1.14 bits per heavy atom. The molecule has 2 heterocycles. The van der Waals surface area contributed by atoms with E-state index in [9.17, 15) is 0 Å². The van der Waals surface area contributed by atoms with Crippen molar-refractivity contribution in [1.29, 1.82) is 0 Å². The van der Waals surface area contributed by atoms with Gasteiger partial charge in [-0.3, -0.25) is 0 Å². The molecule has 4 nitrogen and oxygen atoms in total. The molecule has 2 aromatic heterocycles. The van der Waals surface area contributed by atoms with Gasteiger partial charge in [-0.2, -0.15) is 5.10 Å². The van der Waals surface area contributed by atoms with E-state index in [1.54, 1.807) is 0 Å². The summed E-state index contributed by atoms with van der Waals surface area (Å²) in [6.45, 7) is 6.90. The molecule has 0 amide bonds. The van der Waals surface area contributed by atoms with E-state index in [-0.39, 0.29) is 0 Å². The summed E-state index contributed by atoms with van der Waals surface area (Å²) in [6.07, 6.45) is 3.91. The second-order valence-electron chi connectivity index (χ2n) is 5.33. The van der Waals surface area contributed by atoms with Gasteiger partial charge in [-0.15, -0.1) is 0 Å². The number of fused-ring (bicyclic) bond motifs is 1. The fourth-order valence-electron chi connectivity index (χ4n) is 2.38. The number of halogens is 1. The van der Waals surface area contributed by atoms with Gasteiger partial charge >= 0.3 is 0 Å². The zero-order chi connectivity index (χ0) is 15.0. The van der Waals surface area contributed by atoms with Gasteiger partial charge in [0.15, 0.2) is 5.65 Å². The average molecular weight is 345 g/mol. The van der Waals surface area contributed by atoms with Crippen molar-refractivity contribution in [3.8, 4) is 0 Å². The van der Waals surface area contributed by atoms with Crippen molar-refractivity contribution in [2.45, 2.75) is 27.3 Å². The van der Waals surface area contributed by atoms with Crippen molar-refractivity contribution in [3.05, 3.63) is 57.4 Å². The lowest BCUT2D eigenvalue weighted by atomic mass is 10.1. The average Bonchev–Trinajstić information content (AvgIpc) is 2.81. The van der Waals surface area contributed by atoms with E-state index < -0.39 is 0 Å². The van der Waals surface area contributed by atoms with Crippen LogP contribution in [0.15, 0.2) is 35.1 Å². The molecular formula is C16H17BrN4. The summed E-state index contributed by atoms with van der Waals surface area (Å²) >= 11 is 3.59. The minimum absolute atomic E-state index is 0.725. The number of hydrogen-bond acceptors (Lipinski definition) is 3. The summed E-state index contributed by atoms with van der Waals surface area (Å²) in [5.41, 5.74) is 6.54. The lowest BCUT2D eigenvalue weighted by Gasteiger charge is -2.10. The number of anilines is 1. The van der Waals surface area contributed by atoms with Gasteiger partial charge in [-0.1, -0.05) is 15.9 Å². The monoisotopic (exact) mass is 344 g/mol. The van der Waals surface area contributed by atoms with E-state index in [1.807, 2.05) is 29.9 Å². The summed E-state index contributed by atoms with van der Waals surface area (Å²) < 4.78 is 2.99. The molecule has 0 unspecified atom stereocenters. The highest BCUT2D eigenvalue weighted by atomic mass is 79.9. The minimum atomic E-state index is 0.725. The van der Waals surface area contributed by atoms with Crippen LogP contribution in [-0.2, 0) is 6.54 Å². The molecular weight excluding hydrogens is 328 g/mol. The molecule has 3 rings (SSSR count). The second kappa shape index (κ2) is 5.48. The highest BCUT2D eigenvalue weighted by Gasteiger charge is 2.04. The van der Waals surface area contributed by atoms with Gasteiger partial charge in [0.2, 0.25) is 0 Å². The molecule has 1 N–H and O–H groups in total. The Kier molecular flexibility index (Phi) is 3.68. The van der Waals surface area contributed by atoms with Crippen molar-refractivity contribution in [2.24, 2.45) is 0 Å². The Bertz CT molecular complexity index is 784. The lowest BCUT2D eigenvalue weighted by molar-refractivity contribution is 0.895. The van der Waals surface area contributed by atoms with Crippen LogP contribution in [0.25, 0.3) is 5.65 Å². The zero-order valence-corrected chi connectivity index (χ0v) is 13.9. The predicted molar refractivity (Wildman–Crippen MR) is 88.7 cm³/mol. The Morgan fingerprint density at radius 2 is 1.86 bits per heavy atom. The van der Waals surface area contributed by atoms with Crippen LogP contribution >= 0.6 is 15.9 Å². The van der Waals surface area contributed by atoms with Gasteiger partial charge in [0.1, 0.15) is 0 Å². The summed E-state index contributed by atoms with van der Waals surface area (Å²) in [7, 11) is 0.